The van der Waals surface area contributed by atoms with Crippen LogP contribution in [-0.4, -0.2) is 22.6 Å². The number of aromatic nitrogens is 2. The van der Waals surface area contributed by atoms with Crippen molar-refractivity contribution in [3.05, 3.63) is 34.8 Å². The molecule has 0 fully saturated rings. The standard InChI is InChI=1S/C10H10ClN3O3/c1-6-13-8(14-17-6)2-4-12-10(15)7-3-5-16-9(7)11/h3,5H,2,4H2,1H3,(H,12,15). The van der Waals surface area contributed by atoms with Gasteiger partial charge in [-0.3, -0.25) is 4.79 Å². The molecule has 0 atom stereocenters. The molecular formula is C10H10ClN3O3. The highest BCUT2D eigenvalue weighted by Gasteiger charge is 2.12. The second-order valence-corrected chi connectivity index (χ2v) is 3.69. The van der Waals surface area contributed by atoms with Gasteiger partial charge in [-0.25, -0.2) is 0 Å². The Hall–Kier alpha value is -1.82. The Kier molecular flexibility index (Phi) is 3.43. The van der Waals surface area contributed by atoms with E-state index in [0.29, 0.717) is 30.2 Å². The maximum absolute atomic E-state index is 11.6. The molecule has 2 aromatic rings. The van der Waals surface area contributed by atoms with E-state index in [1.807, 2.05) is 0 Å². The molecule has 17 heavy (non-hydrogen) atoms. The van der Waals surface area contributed by atoms with Gasteiger partial charge in [0.1, 0.15) is 0 Å². The molecule has 0 saturated heterocycles. The number of halogens is 1. The van der Waals surface area contributed by atoms with E-state index in [1.54, 1.807) is 6.92 Å². The number of hydrogen-bond donors (Lipinski definition) is 1. The summed E-state index contributed by atoms with van der Waals surface area (Å²) in [6, 6.07) is 1.51. The minimum absolute atomic E-state index is 0.0814. The molecule has 2 aromatic heterocycles. The molecule has 0 aliphatic carbocycles. The van der Waals surface area contributed by atoms with Gasteiger partial charge in [0.2, 0.25) is 11.1 Å². The van der Waals surface area contributed by atoms with Gasteiger partial charge in [0.25, 0.3) is 5.91 Å². The third-order valence-corrected chi connectivity index (χ3v) is 2.36. The Labute approximate surface area is 102 Å². The monoisotopic (exact) mass is 255 g/mol. The smallest absolute Gasteiger partial charge is 0.256 e. The predicted molar refractivity (Wildman–Crippen MR) is 58.8 cm³/mol. The summed E-state index contributed by atoms with van der Waals surface area (Å²) in [5.41, 5.74) is 0.316. The lowest BCUT2D eigenvalue weighted by molar-refractivity contribution is 0.0953. The lowest BCUT2D eigenvalue weighted by Gasteiger charge is -2.00. The van der Waals surface area contributed by atoms with Crippen molar-refractivity contribution in [1.82, 2.24) is 15.5 Å². The Balaban J connectivity index is 1.83. The highest BCUT2D eigenvalue weighted by Crippen LogP contribution is 2.15. The number of nitrogens with one attached hydrogen (secondary N) is 1. The lowest BCUT2D eigenvalue weighted by atomic mass is 10.3. The van der Waals surface area contributed by atoms with Gasteiger partial charge in [0, 0.05) is 19.9 Å². The van der Waals surface area contributed by atoms with Gasteiger partial charge in [0.05, 0.1) is 11.8 Å². The molecule has 6 nitrogen and oxygen atoms in total. The van der Waals surface area contributed by atoms with E-state index in [2.05, 4.69) is 15.5 Å². The average molecular weight is 256 g/mol. The van der Waals surface area contributed by atoms with Crippen LogP contribution in [0.15, 0.2) is 21.3 Å². The predicted octanol–water partition coefficient (Wildman–Crippen LogP) is 1.60. The molecule has 1 N–H and O–H groups in total. The number of carbonyl (C=O) groups excluding carboxylic acids is 1. The van der Waals surface area contributed by atoms with Crippen LogP contribution in [0.2, 0.25) is 5.22 Å². The highest BCUT2D eigenvalue weighted by molar-refractivity contribution is 6.32. The fourth-order valence-electron chi connectivity index (χ4n) is 1.28. The van der Waals surface area contributed by atoms with Crippen LogP contribution in [0.4, 0.5) is 0 Å². The van der Waals surface area contributed by atoms with Crippen molar-refractivity contribution in [1.29, 1.82) is 0 Å². The topological polar surface area (TPSA) is 81.2 Å². The molecule has 0 aliphatic rings. The zero-order valence-electron chi connectivity index (χ0n) is 9.07. The maximum Gasteiger partial charge on any atom is 0.256 e. The first-order chi connectivity index (χ1) is 8.16. The van der Waals surface area contributed by atoms with E-state index in [4.69, 9.17) is 20.5 Å². The van der Waals surface area contributed by atoms with Crippen molar-refractivity contribution in [3.63, 3.8) is 0 Å². The fourth-order valence-corrected chi connectivity index (χ4v) is 1.48. The first-order valence-electron chi connectivity index (χ1n) is 4.97. The maximum atomic E-state index is 11.6. The molecule has 0 aliphatic heterocycles. The number of carbonyl (C=O) groups is 1. The highest BCUT2D eigenvalue weighted by atomic mass is 35.5. The molecule has 0 radical (unpaired) electrons. The summed E-state index contributed by atoms with van der Waals surface area (Å²) in [7, 11) is 0. The molecule has 2 rings (SSSR count). The van der Waals surface area contributed by atoms with Gasteiger partial charge in [-0.2, -0.15) is 4.98 Å². The number of amides is 1. The van der Waals surface area contributed by atoms with Crippen LogP contribution in [0.25, 0.3) is 0 Å². The van der Waals surface area contributed by atoms with Crippen LogP contribution < -0.4 is 5.32 Å². The minimum Gasteiger partial charge on any atom is -0.452 e. The Morgan fingerprint density at radius 3 is 3.00 bits per heavy atom. The summed E-state index contributed by atoms with van der Waals surface area (Å²) in [5, 5.41) is 6.47. The van der Waals surface area contributed by atoms with E-state index in [-0.39, 0.29) is 11.1 Å². The summed E-state index contributed by atoms with van der Waals surface area (Å²) in [5.74, 6) is 0.772. The van der Waals surface area contributed by atoms with Crippen LogP contribution in [0, 0.1) is 6.92 Å². The number of rotatable bonds is 4. The molecule has 0 aromatic carbocycles. The van der Waals surface area contributed by atoms with Crippen LogP contribution >= 0.6 is 11.6 Å². The van der Waals surface area contributed by atoms with Gasteiger partial charge in [-0.1, -0.05) is 5.16 Å². The van der Waals surface area contributed by atoms with Crippen LogP contribution in [0.1, 0.15) is 22.1 Å². The number of nitrogens with zero attached hydrogens (tertiary/aromatic N) is 2. The molecule has 0 saturated carbocycles. The van der Waals surface area contributed by atoms with Gasteiger partial charge in [-0.05, 0) is 17.7 Å². The van der Waals surface area contributed by atoms with Crippen LogP contribution in [0.5, 0.6) is 0 Å². The Morgan fingerprint density at radius 1 is 1.59 bits per heavy atom. The van der Waals surface area contributed by atoms with Gasteiger partial charge in [-0.15, -0.1) is 0 Å². The van der Waals surface area contributed by atoms with E-state index in [1.165, 1.54) is 12.3 Å². The first-order valence-corrected chi connectivity index (χ1v) is 5.35. The molecule has 7 heteroatoms. The molecule has 0 spiro atoms. The van der Waals surface area contributed by atoms with Crippen molar-refractivity contribution >= 4 is 17.5 Å². The second kappa shape index (κ2) is 5.01. The van der Waals surface area contributed by atoms with Crippen LogP contribution in [-0.2, 0) is 6.42 Å². The first kappa shape index (κ1) is 11.7. The molecule has 90 valence electrons. The van der Waals surface area contributed by atoms with Gasteiger partial charge >= 0.3 is 0 Å². The van der Waals surface area contributed by atoms with E-state index >= 15 is 0 Å². The molecule has 2 heterocycles. The lowest BCUT2D eigenvalue weighted by Crippen LogP contribution is -2.25. The van der Waals surface area contributed by atoms with Crippen LogP contribution in [0.3, 0.4) is 0 Å². The number of hydrogen-bond acceptors (Lipinski definition) is 5. The van der Waals surface area contributed by atoms with E-state index in [0.717, 1.165) is 0 Å². The molecular weight excluding hydrogens is 246 g/mol. The number of furan rings is 1. The second-order valence-electron chi connectivity index (χ2n) is 3.34. The zero-order valence-corrected chi connectivity index (χ0v) is 9.82. The number of aryl methyl sites for hydroxylation is 1. The molecule has 0 unspecified atom stereocenters. The molecule has 1 amide bonds. The third-order valence-electron chi connectivity index (χ3n) is 2.07. The summed E-state index contributed by atoms with van der Waals surface area (Å²) < 4.78 is 9.62. The third kappa shape index (κ3) is 2.85. The zero-order chi connectivity index (χ0) is 12.3. The summed E-state index contributed by atoms with van der Waals surface area (Å²) >= 11 is 5.67. The van der Waals surface area contributed by atoms with Crippen molar-refractivity contribution in [2.45, 2.75) is 13.3 Å². The normalized spacial score (nSPS) is 10.5. The van der Waals surface area contributed by atoms with E-state index in [9.17, 15) is 4.79 Å². The largest absolute Gasteiger partial charge is 0.452 e. The fraction of sp³-hybridized carbons (Fsp3) is 0.300. The average Bonchev–Trinajstić information content (AvgIpc) is 2.87. The SMILES string of the molecule is Cc1nc(CCNC(=O)c2ccoc2Cl)no1. The van der Waals surface area contributed by atoms with Crippen molar-refractivity contribution in [2.75, 3.05) is 6.54 Å². The van der Waals surface area contributed by atoms with E-state index < -0.39 is 0 Å². The molecule has 0 bridgehead atoms. The van der Waals surface area contributed by atoms with Crippen molar-refractivity contribution in [3.8, 4) is 0 Å². The summed E-state index contributed by atoms with van der Waals surface area (Å²) in [4.78, 5) is 15.6. The Morgan fingerprint density at radius 2 is 2.41 bits per heavy atom. The Bertz CT molecular complexity index is 520. The summed E-state index contributed by atoms with van der Waals surface area (Å²) in [6.45, 7) is 2.11. The van der Waals surface area contributed by atoms with Crippen molar-refractivity contribution < 1.29 is 13.7 Å². The quantitative estimate of drug-likeness (QED) is 0.897. The van der Waals surface area contributed by atoms with Crippen molar-refractivity contribution in [2.24, 2.45) is 0 Å². The van der Waals surface area contributed by atoms with Gasteiger partial charge < -0.3 is 14.3 Å². The van der Waals surface area contributed by atoms with Gasteiger partial charge in [0.15, 0.2) is 5.82 Å². The minimum atomic E-state index is -0.288. The summed E-state index contributed by atoms with van der Waals surface area (Å²) in [6.07, 6.45) is 1.86.